The number of ether oxygens (including phenoxy) is 1. The van der Waals surface area contributed by atoms with E-state index in [4.69, 9.17) is 4.74 Å². The highest BCUT2D eigenvalue weighted by molar-refractivity contribution is 5.83. The van der Waals surface area contributed by atoms with E-state index in [0.717, 1.165) is 39.4 Å². The number of carbonyl (C=O) groups is 1. The molecule has 0 radical (unpaired) electrons. The number of nitrogens with one attached hydrogen (secondary N) is 1. The fourth-order valence-corrected chi connectivity index (χ4v) is 5.12. The first-order chi connectivity index (χ1) is 14.6. The highest BCUT2D eigenvalue weighted by Gasteiger charge is 2.38. The lowest BCUT2D eigenvalue weighted by Gasteiger charge is -2.48. The molecule has 2 aliphatic rings. The SMILES string of the molecule is CN(CC(=O)NCC1(N2CCOCC2)CCCCC1)Cc1ccc2ccccc2c1. The number of carbonyl (C=O) groups excluding carboxylic acids is 1. The van der Waals surface area contributed by atoms with Gasteiger partial charge in [0.05, 0.1) is 19.8 Å². The summed E-state index contributed by atoms with van der Waals surface area (Å²) in [6, 6.07) is 14.9. The van der Waals surface area contributed by atoms with E-state index < -0.39 is 0 Å². The number of fused-ring (bicyclic) bond motifs is 1. The second-order valence-corrected chi connectivity index (χ2v) is 9.01. The number of amides is 1. The van der Waals surface area contributed by atoms with Crippen molar-refractivity contribution in [2.45, 2.75) is 44.2 Å². The summed E-state index contributed by atoms with van der Waals surface area (Å²) in [5.41, 5.74) is 1.36. The molecule has 2 fully saturated rings. The van der Waals surface area contributed by atoms with Crippen molar-refractivity contribution in [1.82, 2.24) is 15.1 Å². The fourth-order valence-electron chi connectivity index (χ4n) is 5.12. The first-order valence-electron chi connectivity index (χ1n) is 11.4. The van der Waals surface area contributed by atoms with Gasteiger partial charge in [-0.05, 0) is 42.3 Å². The number of hydrogen-bond acceptors (Lipinski definition) is 4. The van der Waals surface area contributed by atoms with Gasteiger partial charge in [-0.25, -0.2) is 0 Å². The van der Waals surface area contributed by atoms with Gasteiger partial charge in [-0.15, -0.1) is 0 Å². The van der Waals surface area contributed by atoms with E-state index in [-0.39, 0.29) is 11.4 Å². The van der Waals surface area contributed by atoms with Crippen LogP contribution in [-0.2, 0) is 16.1 Å². The summed E-state index contributed by atoms with van der Waals surface area (Å²) < 4.78 is 5.56. The van der Waals surface area contributed by atoms with Crippen molar-refractivity contribution < 1.29 is 9.53 Å². The number of rotatable bonds is 7. The lowest BCUT2D eigenvalue weighted by atomic mass is 9.79. The van der Waals surface area contributed by atoms with Crippen LogP contribution in [0.25, 0.3) is 10.8 Å². The van der Waals surface area contributed by atoms with Crippen LogP contribution in [0.15, 0.2) is 42.5 Å². The normalized spacial score (nSPS) is 19.8. The molecule has 1 aliphatic carbocycles. The van der Waals surface area contributed by atoms with Crippen LogP contribution < -0.4 is 5.32 Å². The summed E-state index contributed by atoms with van der Waals surface area (Å²) in [4.78, 5) is 17.4. The minimum atomic E-state index is 0.120. The minimum Gasteiger partial charge on any atom is -0.379 e. The Morgan fingerprint density at radius 3 is 2.57 bits per heavy atom. The minimum absolute atomic E-state index is 0.120. The first-order valence-corrected chi connectivity index (χ1v) is 11.4. The van der Waals surface area contributed by atoms with Crippen molar-refractivity contribution in [3.63, 3.8) is 0 Å². The number of benzene rings is 2. The van der Waals surface area contributed by atoms with Crippen LogP contribution >= 0.6 is 0 Å². The molecule has 0 atom stereocenters. The molecule has 0 bridgehead atoms. The van der Waals surface area contributed by atoms with Crippen molar-refractivity contribution in [3.05, 3.63) is 48.0 Å². The number of nitrogens with zero attached hydrogens (tertiary/aromatic N) is 2. The zero-order valence-corrected chi connectivity index (χ0v) is 18.2. The summed E-state index contributed by atoms with van der Waals surface area (Å²) in [6.45, 7) is 5.54. The maximum Gasteiger partial charge on any atom is 0.234 e. The first kappa shape index (κ1) is 21.3. The zero-order valence-electron chi connectivity index (χ0n) is 18.2. The molecule has 1 saturated carbocycles. The van der Waals surface area contributed by atoms with Gasteiger partial charge >= 0.3 is 0 Å². The molecule has 0 spiro atoms. The highest BCUT2D eigenvalue weighted by Crippen LogP contribution is 2.33. The molecule has 5 nitrogen and oxygen atoms in total. The van der Waals surface area contributed by atoms with Gasteiger partial charge in [0, 0.05) is 31.7 Å². The van der Waals surface area contributed by atoms with Crippen molar-refractivity contribution in [1.29, 1.82) is 0 Å². The maximum atomic E-state index is 12.7. The molecule has 2 aromatic rings. The van der Waals surface area contributed by atoms with Gasteiger partial charge in [0.15, 0.2) is 0 Å². The van der Waals surface area contributed by atoms with Gasteiger partial charge in [0.2, 0.25) is 5.91 Å². The Morgan fingerprint density at radius 2 is 1.80 bits per heavy atom. The lowest BCUT2D eigenvalue weighted by molar-refractivity contribution is -0.123. The molecule has 1 saturated heterocycles. The Hall–Kier alpha value is -1.95. The quantitative estimate of drug-likeness (QED) is 0.761. The molecule has 162 valence electrons. The standard InChI is InChI=1S/C25H35N3O2/c1-27(18-21-9-10-22-7-3-4-8-23(22)17-21)19-24(29)26-20-25(11-5-2-6-12-25)28-13-15-30-16-14-28/h3-4,7-10,17H,2,5-6,11-16,18-20H2,1H3,(H,26,29). The van der Waals surface area contributed by atoms with E-state index in [9.17, 15) is 4.79 Å². The van der Waals surface area contributed by atoms with Crippen LogP contribution in [0.4, 0.5) is 0 Å². The van der Waals surface area contributed by atoms with E-state index in [1.54, 1.807) is 0 Å². The van der Waals surface area contributed by atoms with E-state index in [0.29, 0.717) is 6.54 Å². The van der Waals surface area contributed by atoms with Crippen molar-refractivity contribution in [2.24, 2.45) is 0 Å². The van der Waals surface area contributed by atoms with Crippen LogP contribution in [0.1, 0.15) is 37.7 Å². The smallest absolute Gasteiger partial charge is 0.234 e. The van der Waals surface area contributed by atoms with Crippen LogP contribution in [0, 0.1) is 0 Å². The third-order valence-corrected chi connectivity index (χ3v) is 6.76. The third-order valence-electron chi connectivity index (χ3n) is 6.76. The number of likely N-dealkylation sites (N-methyl/N-ethyl adjacent to an activating group) is 1. The molecule has 4 rings (SSSR count). The predicted molar refractivity (Wildman–Crippen MR) is 121 cm³/mol. The van der Waals surface area contributed by atoms with Crippen LogP contribution in [-0.4, -0.2) is 67.7 Å². The molecular formula is C25H35N3O2. The molecule has 2 aromatic carbocycles. The van der Waals surface area contributed by atoms with Gasteiger partial charge in [-0.1, -0.05) is 55.7 Å². The van der Waals surface area contributed by atoms with E-state index >= 15 is 0 Å². The second kappa shape index (κ2) is 9.90. The molecule has 1 amide bonds. The summed E-state index contributed by atoms with van der Waals surface area (Å²) in [5.74, 6) is 0.122. The molecule has 30 heavy (non-hydrogen) atoms. The Morgan fingerprint density at radius 1 is 1.07 bits per heavy atom. The van der Waals surface area contributed by atoms with Crippen molar-refractivity contribution in [2.75, 3.05) is 46.4 Å². The van der Waals surface area contributed by atoms with Gasteiger partial charge < -0.3 is 10.1 Å². The zero-order chi connectivity index (χ0) is 20.8. The van der Waals surface area contributed by atoms with Crippen LogP contribution in [0.5, 0.6) is 0 Å². The topological polar surface area (TPSA) is 44.8 Å². The van der Waals surface area contributed by atoms with Gasteiger partial charge in [0.25, 0.3) is 0 Å². The maximum absolute atomic E-state index is 12.7. The molecule has 5 heteroatoms. The largest absolute Gasteiger partial charge is 0.379 e. The molecule has 0 unspecified atom stereocenters. The summed E-state index contributed by atoms with van der Waals surface area (Å²) in [5, 5.41) is 5.77. The Balaban J connectivity index is 1.31. The average Bonchev–Trinajstić information content (AvgIpc) is 2.79. The van der Waals surface area contributed by atoms with E-state index in [2.05, 4.69) is 57.6 Å². The average molecular weight is 410 g/mol. The molecular weight excluding hydrogens is 374 g/mol. The van der Waals surface area contributed by atoms with Gasteiger partial charge in [0.1, 0.15) is 0 Å². The third kappa shape index (κ3) is 5.20. The summed E-state index contributed by atoms with van der Waals surface area (Å²) >= 11 is 0. The fraction of sp³-hybridized carbons (Fsp3) is 0.560. The molecule has 1 heterocycles. The summed E-state index contributed by atoms with van der Waals surface area (Å²) in [7, 11) is 2.02. The Kier molecular flexibility index (Phi) is 7.03. The Labute approximate surface area is 180 Å². The Bertz CT molecular complexity index is 841. The highest BCUT2D eigenvalue weighted by atomic mass is 16.5. The molecule has 1 aliphatic heterocycles. The lowest BCUT2D eigenvalue weighted by Crippen LogP contribution is -2.60. The molecule has 0 aromatic heterocycles. The van der Waals surface area contributed by atoms with Crippen molar-refractivity contribution in [3.8, 4) is 0 Å². The van der Waals surface area contributed by atoms with Gasteiger partial charge in [-0.2, -0.15) is 0 Å². The monoisotopic (exact) mass is 409 g/mol. The number of morpholine rings is 1. The van der Waals surface area contributed by atoms with E-state index in [1.807, 2.05) is 7.05 Å². The second-order valence-electron chi connectivity index (χ2n) is 9.01. The predicted octanol–water partition coefficient (Wildman–Crippen LogP) is 3.42. The summed E-state index contributed by atoms with van der Waals surface area (Å²) in [6.07, 6.45) is 6.19. The molecule has 1 N–H and O–H groups in total. The van der Waals surface area contributed by atoms with Gasteiger partial charge in [-0.3, -0.25) is 14.6 Å². The van der Waals surface area contributed by atoms with Crippen molar-refractivity contribution >= 4 is 16.7 Å². The van der Waals surface area contributed by atoms with E-state index in [1.165, 1.54) is 48.4 Å². The van der Waals surface area contributed by atoms with Crippen LogP contribution in [0.3, 0.4) is 0 Å². The number of hydrogen-bond donors (Lipinski definition) is 1. The van der Waals surface area contributed by atoms with Crippen LogP contribution in [0.2, 0.25) is 0 Å².